The van der Waals surface area contributed by atoms with Crippen LogP contribution in [0.2, 0.25) is 0 Å². The average Bonchev–Trinajstić information content (AvgIpc) is 3.43. The molecular weight excluding hydrogens is 391 g/mol. The largest absolute Gasteiger partial charge is 0.338 e. The molecule has 1 aliphatic rings. The van der Waals surface area contributed by atoms with E-state index in [1.165, 1.54) is 6.07 Å². The zero-order valence-electron chi connectivity index (χ0n) is 16.8. The van der Waals surface area contributed by atoms with E-state index in [4.69, 9.17) is 4.98 Å². The first-order valence-corrected chi connectivity index (χ1v) is 10.6. The van der Waals surface area contributed by atoms with Crippen LogP contribution in [0.5, 0.6) is 0 Å². The lowest BCUT2D eigenvalue weighted by molar-refractivity contribution is 0.454. The van der Waals surface area contributed by atoms with Gasteiger partial charge in [0.25, 0.3) is 0 Å². The Morgan fingerprint density at radius 3 is 2.71 bits per heavy atom. The van der Waals surface area contributed by atoms with E-state index in [-0.39, 0.29) is 5.82 Å². The number of piperidine rings is 1. The number of hydrogen-bond donors (Lipinski definition) is 3. The van der Waals surface area contributed by atoms with Crippen molar-refractivity contribution in [3.05, 3.63) is 66.2 Å². The molecule has 0 unspecified atom stereocenters. The molecule has 6 nitrogen and oxygen atoms in total. The highest BCUT2D eigenvalue weighted by Crippen LogP contribution is 2.34. The van der Waals surface area contributed by atoms with Crippen molar-refractivity contribution < 1.29 is 4.39 Å². The number of pyridine rings is 2. The van der Waals surface area contributed by atoms with Gasteiger partial charge in [-0.3, -0.25) is 5.10 Å². The Kier molecular flexibility index (Phi) is 4.28. The van der Waals surface area contributed by atoms with Crippen molar-refractivity contribution in [1.29, 1.82) is 0 Å². The second kappa shape index (κ2) is 7.28. The van der Waals surface area contributed by atoms with E-state index in [1.54, 1.807) is 18.3 Å². The maximum atomic E-state index is 14.5. The van der Waals surface area contributed by atoms with Crippen LogP contribution in [0.3, 0.4) is 0 Å². The molecule has 0 spiro atoms. The maximum absolute atomic E-state index is 14.5. The van der Waals surface area contributed by atoms with E-state index in [2.05, 4.69) is 37.6 Å². The Bertz CT molecular complexity index is 1400. The number of H-pyrrole nitrogens is 2. The third-order valence-electron chi connectivity index (χ3n) is 6.14. The molecule has 1 aliphatic heterocycles. The van der Waals surface area contributed by atoms with Crippen molar-refractivity contribution >= 4 is 22.1 Å². The van der Waals surface area contributed by atoms with Crippen molar-refractivity contribution in [1.82, 2.24) is 30.5 Å². The molecule has 7 heteroatoms. The highest BCUT2D eigenvalue weighted by Gasteiger charge is 2.20. The third-order valence-corrected chi connectivity index (χ3v) is 6.14. The summed E-state index contributed by atoms with van der Waals surface area (Å²) in [6.45, 7) is 2.05. The van der Waals surface area contributed by atoms with Crippen LogP contribution in [0, 0.1) is 5.82 Å². The number of aromatic nitrogens is 5. The molecule has 3 N–H and O–H groups in total. The summed E-state index contributed by atoms with van der Waals surface area (Å²) in [5.74, 6) is 0.210. The Balaban J connectivity index is 1.48. The number of rotatable bonds is 3. The van der Waals surface area contributed by atoms with Crippen molar-refractivity contribution in [3.8, 4) is 22.5 Å². The Hall–Kier alpha value is -3.58. The number of benzene rings is 1. The van der Waals surface area contributed by atoms with Gasteiger partial charge in [-0.05, 0) is 61.8 Å². The molecule has 1 saturated heterocycles. The lowest BCUT2D eigenvalue weighted by atomic mass is 9.94. The molecule has 154 valence electrons. The van der Waals surface area contributed by atoms with Crippen molar-refractivity contribution in [2.45, 2.75) is 18.8 Å². The molecule has 4 aromatic heterocycles. The summed E-state index contributed by atoms with van der Waals surface area (Å²) < 4.78 is 14.5. The highest BCUT2D eigenvalue weighted by molar-refractivity contribution is 5.98. The molecular formula is C24H21FN6. The standard InChI is InChI=1S/C24H21FN6/c25-18-4-2-1-3-16(18)15-9-12-27-24-17(15)13-21(29-24)23-22-20(30-31-23)6-5-19(28-22)14-7-10-26-11-8-14/h1-6,9,12-14,26H,7-8,10-11H2,(H,27,29)(H,30,31). The van der Waals surface area contributed by atoms with Crippen LogP contribution < -0.4 is 5.32 Å². The first-order chi connectivity index (χ1) is 15.3. The number of fused-ring (bicyclic) bond motifs is 2. The zero-order valence-corrected chi connectivity index (χ0v) is 16.8. The van der Waals surface area contributed by atoms with Gasteiger partial charge in [-0.25, -0.2) is 14.4 Å². The predicted octanol–water partition coefficient (Wildman–Crippen LogP) is 4.77. The fourth-order valence-corrected chi connectivity index (χ4v) is 4.52. The molecule has 0 amide bonds. The van der Waals surface area contributed by atoms with Gasteiger partial charge in [0.2, 0.25) is 0 Å². The first-order valence-electron chi connectivity index (χ1n) is 10.6. The SMILES string of the molecule is Fc1ccccc1-c1ccnc2[nH]c(-c3n[nH]c4ccc(C5CCNCC5)nc34)cc12. The molecule has 5 aromatic rings. The summed E-state index contributed by atoms with van der Waals surface area (Å²) in [7, 11) is 0. The van der Waals surface area contributed by atoms with Crippen molar-refractivity contribution in [3.63, 3.8) is 0 Å². The monoisotopic (exact) mass is 412 g/mol. The minimum absolute atomic E-state index is 0.253. The lowest BCUT2D eigenvalue weighted by Gasteiger charge is -2.22. The van der Waals surface area contributed by atoms with Crippen LogP contribution >= 0.6 is 0 Å². The maximum Gasteiger partial charge on any atom is 0.138 e. The van der Waals surface area contributed by atoms with Gasteiger partial charge in [-0.15, -0.1) is 0 Å². The average molecular weight is 412 g/mol. The van der Waals surface area contributed by atoms with E-state index < -0.39 is 0 Å². The van der Waals surface area contributed by atoms with E-state index in [1.807, 2.05) is 18.2 Å². The van der Waals surface area contributed by atoms with Gasteiger partial charge in [0, 0.05) is 28.8 Å². The van der Waals surface area contributed by atoms with Crippen LogP contribution in [0.1, 0.15) is 24.5 Å². The Morgan fingerprint density at radius 2 is 1.84 bits per heavy atom. The summed E-state index contributed by atoms with van der Waals surface area (Å²) in [6, 6.07) is 14.8. The minimum atomic E-state index is -0.253. The van der Waals surface area contributed by atoms with E-state index in [0.717, 1.165) is 65.0 Å². The molecule has 6 rings (SSSR count). The second-order valence-electron chi connectivity index (χ2n) is 8.01. The van der Waals surface area contributed by atoms with Gasteiger partial charge in [0.15, 0.2) is 0 Å². The van der Waals surface area contributed by atoms with E-state index in [0.29, 0.717) is 17.1 Å². The number of halogens is 1. The van der Waals surface area contributed by atoms with Gasteiger partial charge < -0.3 is 10.3 Å². The highest BCUT2D eigenvalue weighted by atomic mass is 19.1. The third kappa shape index (κ3) is 3.09. The fraction of sp³-hybridized carbons (Fsp3) is 0.208. The number of aromatic amines is 2. The first kappa shape index (κ1) is 18.2. The van der Waals surface area contributed by atoms with Crippen molar-refractivity contribution in [2.24, 2.45) is 0 Å². The summed E-state index contributed by atoms with van der Waals surface area (Å²) >= 11 is 0. The number of hydrogen-bond acceptors (Lipinski definition) is 4. The van der Waals surface area contributed by atoms with Crippen LogP contribution in [-0.4, -0.2) is 38.2 Å². The molecule has 0 radical (unpaired) electrons. The van der Waals surface area contributed by atoms with Gasteiger partial charge >= 0.3 is 0 Å². The Morgan fingerprint density at radius 1 is 0.968 bits per heavy atom. The molecule has 0 bridgehead atoms. The fourth-order valence-electron chi connectivity index (χ4n) is 4.52. The summed E-state index contributed by atoms with van der Waals surface area (Å²) in [4.78, 5) is 12.8. The molecule has 0 atom stereocenters. The van der Waals surface area contributed by atoms with E-state index >= 15 is 0 Å². The second-order valence-corrected chi connectivity index (χ2v) is 8.01. The van der Waals surface area contributed by atoms with Gasteiger partial charge in [-0.2, -0.15) is 5.10 Å². The molecule has 1 fully saturated rings. The van der Waals surface area contributed by atoms with Gasteiger partial charge in [0.1, 0.15) is 22.7 Å². The molecule has 0 aliphatic carbocycles. The van der Waals surface area contributed by atoms with Crippen molar-refractivity contribution in [2.75, 3.05) is 13.1 Å². The summed E-state index contributed by atoms with van der Waals surface area (Å²) in [5, 5.41) is 11.9. The quantitative estimate of drug-likeness (QED) is 0.399. The minimum Gasteiger partial charge on any atom is -0.338 e. The molecule has 31 heavy (non-hydrogen) atoms. The lowest BCUT2D eigenvalue weighted by Crippen LogP contribution is -2.27. The Labute approximate surface area is 177 Å². The molecule has 5 heterocycles. The molecule has 0 saturated carbocycles. The smallest absolute Gasteiger partial charge is 0.138 e. The van der Waals surface area contributed by atoms with Crippen LogP contribution in [0.15, 0.2) is 54.7 Å². The van der Waals surface area contributed by atoms with Crippen LogP contribution in [0.25, 0.3) is 44.6 Å². The summed E-state index contributed by atoms with van der Waals surface area (Å²) in [5.41, 5.74) is 6.46. The summed E-state index contributed by atoms with van der Waals surface area (Å²) in [6.07, 6.45) is 3.88. The normalized spacial score (nSPS) is 15.1. The predicted molar refractivity (Wildman–Crippen MR) is 119 cm³/mol. The zero-order chi connectivity index (χ0) is 20.8. The number of nitrogens with one attached hydrogen (secondary N) is 3. The van der Waals surface area contributed by atoms with E-state index in [9.17, 15) is 4.39 Å². The van der Waals surface area contributed by atoms with Gasteiger partial charge in [-0.1, -0.05) is 18.2 Å². The molecule has 1 aromatic carbocycles. The van der Waals surface area contributed by atoms with Crippen LogP contribution in [0.4, 0.5) is 4.39 Å². The number of nitrogens with zero attached hydrogens (tertiary/aromatic N) is 3. The van der Waals surface area contributed by atoms with Crippen LogP contribution in [-0.2, 0) is 0 Å². The van der Waals surface area contributed by atoms with Gasteiger partial charge in [0.05, 0.1) is 11.2 Å². The topological polar surface area (TPSA) is 82.3 Å².